The van der Waals surface area contributed by atoms with E-state index in [0.717, 1.165) is 0 Å². The molecule has 1 rings (SSSR count). The average molecular weight is 563 g/mol. The maximum atomic E-state index is 11.9. The summed E-state index contributed by atoms with van der Waals surface area (Å²) in [6.45, 7) is 16.3. The minimum absolute atomic E-state index is 1.32. The van der Waals surface area contributed by atoms with Crippen LogP contribution >= 0.6 is 47.3 Å². The number of rotatable bonds is 13. The molecule has 1 fully saturated rings. The van der Waals surface area contributed by atoms with Gasteiger partial charge in [-0.2, -0.15) is 0 Å². The van der Waals surface area contributed by atoms with Crippen LogP contribution in [0.15, 0.2) is 0 Å². The predicted molar refractivity (Wildman–Crippen MR) is 133 cm³/mol. The molecule has 0 N–H and O–H groups in total. The number of alkyl halides is 2. The van der Waals surface area contributed by atoms with Crippen LogP contribution in [0.5, 0.6) is 0 Å². The molecule has 0 aromatic heterocycles. The van der Waals surface area contributed by atoms with Crippen LogP contribution in [0.2, 0.25) is 19.6 Å². The summed E-state index contributed by atoms with van der Waals surface area (Å²) >= 11 is 10.9. The summed E-state index contributed by atoms with van der Waals surface area (Å²) in [5.74, 6) is 0. The van der Waals surface area contributed by atoms with Crippen molar-refractivity contribution < 1.29 is 35.5 Å². The van der Waals surface area contributed by atoms with Crippen LogP contribution in [-0.4, -0.2) is 43.7 Å². The van der Waals surface area contributed by atoms with Crippen molar-refractivity contribution in [3.63, 3.8) is 0 Å². The van der Waals surface area contributed by atoms with E-state index < -0.39 is 36.7 Å². The number of hydrogen-bond acceptors (Lipinski definition) is 7. The number of unbranched alkanes of at least 4 members (excludes halogenated alkanes) is 3. The maximum absolute atomic E-state index is 11.9. The van der Waals surface area contributed by atoms with Crippen LogP contribution in [0, 0.1) is 0 Å². The summed E-state index contributed by atoms with van der Waals surface area (Å²) in [6, 6.07) is 0. The van der Waals surface area contributed by atoms with Crippen LogP contribution in [0.3, 0.4) is 0 Å². The molecule has 1 aliphatic rings. The Balaban J connectivity index is 0.000000594. The van der Waals surface area contributed by atoms with Crippen LogP contribution in [0.25, 0.3) is 0 Å². The molecular formula is C17H41Cl2NO7P3Si+. The summed E-state index contributed by atoms with van der Waals surface area (Å²) in [5, 5.41) is 0. The second-order valence-electron chi connectivity index (χ2n) is 8.83. The molecule has 31 heavy (non-hydrogen) atoms. The zero-order valence-corrected chi connectivity index (χ0v) is 25.3. The summed E-state index contributed by atoms with van der Waals surface area (Å²) in [4.78, 5) is 0. The van der Waals surface area contributed by atoms with E-state index in [1.807, 2.05) is 0 Å². The molecule has 188 valence electrons. The monoisotopic (exact) mass is 562 g/mol. The SMILES string of the molecule is CCCC[N+](C)(CCCC)CCCC.C[Si](C)(C)O[PH](=O)OP1(=O)O[PH](=O)OC1(Cl)Cl. The van der Waals surface area contributed by atoms with E-state index in [-0.39, 0.29) is 0 Å². The normalized spacial score (nSPS) is 24.5. The predicted octanol–water partition coefficient (Wildman–Crippen LogP) is 7.80. The van der Waals surface area contributed by atoms with Crippen molar-refractivity contribution >= 4 is 55.6 Å². The van der Waals surface area contributed by atoms with E-state index in [4.69, 9.17) is 27.4 Å². The lowest BCUT2D eigenvalue weighted by atomic mass is 10.2. The summed E-state index contributed by atoms with van der Waals surface area (Å²) in [7, 11) is -10.3. The molecule has 14 heteroatoms. The number of halogens is 2. The van der Waals surface area contributed by atoms with Gasteiger partial charge in [0.15, 0.2) is 8.32 Å². The summed E-state index contributed by atoms with van der Waals surface area (Å²) in [6.07, 6.45) is 8.20. The molecule has 1 aliphatic heterocycles. The molecule has 1 saturated heterocycles. The number of quaternary nitrogens is 1. The van der Waals surface area contributed by atoms with Crippen molar-refractivity contribution in [3.8, 4) is 0 Å². The zero-order chi connectivity index (χ0) is 24.3. The Morgan fingerprint density at radius 3 is 1.74 bits per heavy atom. The third-order valence-corrected chi connectivity index (χ3v) is 13.7. The highest BCUT2D eigenvalue weighted by molar-refractivity contribution is 7.71. The van der Waals surface area contributed by atoms with E-state index in [1.165, 1.54) is 62.6 Å². The van der Waals surface area contributed by atoms with Crippen molar-refractivity contribution in [2.24, 2.45) is 0 Å². The maximum Gasteiger partial charge on any atom is 0.408 e. The topological polar surface area (TPSA) is 88.1 Å². The van der Waals surface area contributed by atoms with Gasteiger partial charge in [-0.1, -0.05) is 63.2 Å². The van der Waals surface area contributed by atoms with E-state index >= 15 is 0 Å². The first-order valence-electron chi connectivity index (χ1n) is 10.8. The van der Waals surface area contributed by atoms with Gasteiger partial charge in [-0.3, -0.25) is 18.2 Å². The highest BCUT2D eigenvalue weighted by atomic mass is 35.5. The fourth-order valence-corrected chi connectivity index (χ4v) is 10.7. The van der Waals surface area contributed by atoms with E-state index in [2.05, 4.69) is 41.0 Å². The Morgan fingerprint density at radius 2 is 1.45 bits per heavy atom. The Hall–Kier alpha value is 1.29. The Kier molecular flexibility index (Phi) is 15.2. The smallest absolute Gasteiger partial charge is 0.353 e. The van der Waals surface area contributed by atoms with Gasteiger partial charge in [-0.25, -0.2) is 8.62 Å². The lowest BCUT2D eigenvalue weighted by molar-refractivity contribution is -0.910. The van der Waals surface area contributed by atoms with E-state index in [1.54, 1.807) is 19.6 Å². The van der Waals surface area contributed by atoms with Crippen molar-refractivity contribution in [1.82, 2.24) is 0 Å². The van der Waals surface area contributed by atoms with Crippen LogP contribution in [0.4, 0.5) is 0 Å². The largest absolute Gasteiger partial charge is 0.408 e. The lowest BCUT2D eigenvalue weighted by Gasteiger charge is -2.34. The van der Waals surface area contributed by atoms with Crippen LogP contribution in [0.1, 0.15) is 59.3 Å². The van der Waals surface area contributed by atoms with Crippen molar-refractivity contribution in [2.75, 3.05) is 26.7 Å². The molecule has 1 heterocycles. The van der Waals surface area contributed by atoms with Gasteiger partial charge in [0, 0.05) is 0 Å². The second kappa shape index (κ2) is 14.6. The van der Waals surface area contributed by atoms with E-state index in [9.17, 15) is 13.7 Å². The molecule has 8 nitrogen and oxygen atoms in total. The molecule has 3 unspecified atom stereocenters. The van der Waals surface area contributed by atoms with Gasteiger partial charge in [0.05, 0.1) is 26.7 Å². The van der Waals surface area contributed by atoms with Crippen molar-refractivity contribution in [3.05, 3.63) is 0 Å². The zero-order valence-electron chi connectivity index (χ0n) is 19.9. The quantitative estimate of drug-likeness (QED) is 0.0978. The van der Waals surface area contributed by atoms with Crippen molar-refractivity contribution in [1.29, 1.82) is 0 Å². The third kappa shape index (κ3) is 13.1. The standard InChI is InChI=1S/C13H30N.C4H11Cl2O7P3Si/c1-5-8-11-14(4,12-9-6-2)13-10-7-3;1-17(2,3)13-15(8)12-16(9)4(5,6)10-14(7)11-16/h5-13H2,1-4H3;14-15H,1-3H3/q+1;. The molecule has 0 spiro atoms. The third-order valence-electron chi connectivity index (χ3n) is 4.46. The molecule has 0 amide bonds. The van der Waals surface area contributed by atoms with Crippen LogP contribution in [-0.2, 0) is 31.1 Å². The number of hydrogen-bond donors (Lipinski definition) is 0. The highest BCUT2D eigenvalue weighted by Gasteiger charge is 2.60. The van der Waals surface area contributed by atoms with Gasteiger partial charge in [0.1, 0.15) is 0 Å². The average Bonchev–Trinajstić information content (AvgIpc) is 2.81. The van der Waals surface area contributed by atoms with Gasteiger partial charge < -0.3 is 8.70 Å². The van der Waals surface area contributed by atoms with Gasteiger partial charge in [-0.15, -0.1) is 0 Å². The Bertz CT molecular complexity index is 614. The van der Waals surface area contributed by atoms with Crippen LogP contribution < -0.4 is 0 Å². The van der Waals surface area contributed by atoms with Gasteiger partial charge in [-0.05, 0) is 38.9 Å². The molecule has 0 aliphatic carbocycles. The lowest BCUT2D eigenvalue weighted by Crippen LogP contribution is -2.46. The Morgan fingerprint density at radius 1 is 1.03 bits per heavy atom. The van der Waals surface area contributed by atoms with Gasteiger partial charge >= 0.3 is 28.4 Å². The first-order valence-corrected chi connectivity index (χ1v) is 19.0. The molecule has 0 radical (unpaired) electrons. The molecule has 0 bridgehead atoms. The Labute approximate surface area is 200 Å². The fraction of sp³-hybridized carbons (Fsp3) is 1.00. The van der Waals surface area contributed by atoms with Gasteiger partial charge in [0.2, 0.25) is 0 Å². The molecule has 0 aromatic rings. The van der Waals surface area contributed by atoms with Crippen molar-refractivity contribution in [2.45, 2.75) is 83.2 Å². The summed E-state index contributed by atoms with van der Waals surface area (Å²) < 4.78 is 51.7. The summed E-state index contributed by atoms with van der Waals surface area (Å²) in [5.41, 5.74) is 0. The molecular weight excluding hydrogens is 522 g/mol. The molecule has 0 saturated carbocycles. The first-order chi connectivity index (χ1) is 14.1. The molecule has 0 aromatic carbocycles. The number of nitrogens with zero attached hydrogens (tertiary/aromatic N) is 1. The fourth-order valence-electron chi connectivity index (χ4n) is 2.72. The minimum atomic E-state index is -4.30. The highest BCUT2D eigenvalue weighted by Crippen LogP contribution is 2.79. The minimum Gasteiger partial charge on any atom is -0.353 e. The van der Waals surface area contributed by atoms with Gasteiger partial charge in [0.25, 0.3) is 0 Å². The van der Waals surface area contributed by atoms with E-state index in [0.29, 0.717) is 0 Å². The second-order valence-corrected chi connectivity index (χ2v) is 19.9. The molecule has 3 atom stereocenters. The first kappa shape index (κ1) is 32.3.